The smallest absolute Gasteiger partial charge is 0.309 e. The van der Waals surface area contributed by atoms with E-state index in [2.05, 4.69) is 4.98 Å². The Morgan fingerprint density at radius 3 is 2.75 bits per heavy atom. The van der Waals surface area contributed by atoms with Gasteiger partial charge in [0.2, 0.25) is 0 Å². The predicted octanol–water partition coefficient (Wildman–Crippen LogP) is 2.17. The second-order valence-electron chi connectivity index (χ2n) is 2.84. The molecule has 0 unspecified atom stereocenters. The summed E-state index contributed by atoms with van der Waals surface area (Å²) in [4.78, 5) is 13.9. The molecule has 0 spiro atoms. The molecule has 0 radical (unpaired) electrons. The number of carbonyl (C=O) groups is 1. The molecule has 0 aliphatic carbocycles. The quantitative estimate of drug-likeness (QED) is 0.887. The van der Waals surface area contributed by atoms with Crippen molar-refractivity contribution in [2.45, 2.75) is 12.8 Å². The van der Waals surface area contributed by atoms with E-state index in [1.165, 1.54) is 6.07 Å². The number of nitrogens with zero attached hydrogens (tertiary/aromatic N) is 2. The Bertz CT molecular complexity index is 471. The Kier molecular flexibility index (Phi) is 3.74. The molecule has 1 aromatic heterocycles. The van der Waals surface area contributed by atoms with Crippen molar-refractivity contribution in [1.29, 1.82) is 5.26 Å². The number of aromatic nitrogens is 1. The number of carboxylic acid groups (broad SMARTS) is 1. The fourth-order valence-electron chi connectivity index (χ4n) is 1.06. The van der Waals surface area contributed by atoms with Gasteiger partial charge in [-0.2, -0.15) is 5.26 Å². The molecule has 0 aliphatic heterocycles. The third-order valence-corrected chi connectivity index (χ3v) is 2.07. The zero-order valence-corrected chi connectivity index (χ0v) is 8.50. The minimum absolute atomic E-state index is 0.102. The number of alkyl halides is 2. The molecule has 0 saturated heterocycles. The summed E-state index contributed by atoms with van der Waals surface area (Å²) in [6.07, 6.45) is -3.39. The summed E-state index contributed by atoms with van der Waals surface area (Å²) in [6.45, 7) is 0. The van der Waals surface area contributed by atoms with Crippen LogP contribution in [0.2, 0.25) is 5.02 Å². The topological polar surface area (TPSA) is 74.0 Å². The van der Waals surface area contributed by atoms with Gasteiger partial charge in [0.15, 0.2) is 0 Å². The summed E-state index contributed by atoms with van der Waals surface area (Å²) < 4.78 is 24.8. The van der Waals surface area contributed by atoms with Crippen molar-refractivity contribution >= 4 is 17.6 Å². The molecule has 7 heteroatoms. The molecule has 1 rings (SSSR count). The van der Waals surface area contributed by atoms with Crippen LogP contribution in [0.4, 0.5) is 8.78 Å². The second-order valence-corrected chi connectivity index (χ2v) is 3.24. The molecular weight excluding hydrogens is 242 g/mol. The molecule has 0 aliphatic rings. The maximum atomic E-state index is 12.4. The maximum Gasteiger partial charge on any atom is 0.309 e. The van der Waals surface area contributed by atoms with Gasteiger partial charge in [0.25, 0.3) is 6.43 Å². The van der Waals surface area contributed by atoms with Crippen LogP contribution < -0.4 is 0 Å². The molecule has 0 amide bonds. The van der Waals surface area contributed by atoms with E-state index in [4.69, 9.17) is 22.0 Å². The van der Waals surface area contributed by atoms with Crippen LogP contribution in [0, 0.1) is 11.3 Å². The lowest BCUT2D eigenvalue weighted by Gasteiger charge is -2.06. The summed E-state index contributed by atoms with van der Waals surface area (Å²) in [5.41, 5.74) is -1.20. The molecule has 0 fully saturated rings. The van der Waals surface area contributed by atoms with Crippen LogP contribution in [0.3, 0.4) is 0 Å². The van der Waals surface area contributed by atoms with E-state index in [-0.39, 0.29) is 10.7 Å². The van der Waals surface area contributed by atoms with Gasteiger partial charge in [0.1, 0.15) is 11.8 Å². The summed E-state index contributed by atoms with van der Waals surface area (Å²) in [7, 11) is 0. The van der Waals surface area contributed by atoms with Crippen LogP contribution in [0.25, 0.3) is 0 Å². The second kappa shape index (κ2) is 4.86. The highest BCUT2D eigenvalue weighted by Gasteiger charge is 2.18. The first kappa shape index (κ1) is 12.3. The highest BCUT2D eigenvalue weighted by Crippen LogP contribution is 2.26. The monoisotopic (exact) mass is 246 g/mol. The van der Waals surface area contributed by atoms with Crippen LogP contribution in [0.15, 0.2) is 6.07 Å². The molecule has 84 valence electrons. The van der Waals surface area contributed by atoms with Gasteiger partial charge in [0, 0.05) is 0 Å². The number of hydrogen-bond acceptors (Lipinski definition) is 3. The first-order valence-corrected chi connectivity index (χ1v) is 4.43. The molecular formula is C9H5ClF2N2O2. The van der Waals surface area contributed by atoms with Gasteiger partial charge in [-0.3, -0.25) is 4.79 Å². The molecule has 0 saturated carbocycles. The van der Waals surface area contributed by atoms with Gasteiger partial charge in [-0.25, -0.2) is 13.8 Å². The van der Waals surface area contributed by atoms with E-state index in [9.17, 15) is 13.6 Å². The van der Waals surface area contributed by atoms with Crippen molar-refractivity contribution in [3.63, 3.8) is 0 Å². The average Bonchev–Trinajstić information content (AvgIpc) is 2.19. The van der Waals surface area contributed by atoms with Gasteiger partial charge < -0.3 is 5.11 Å². The summed E-state index contributed by atoms with van der Waals surface area (Å²) in [5, 5.41) is 16.9. The molecule has 16 heavy (non-hydrogen) atoms. The lowest BCUT2D eigenvalue weighted by atomic mass is 10.1. The average molecular weight is 247 g/mol. The van der Waals surface area contributed by atoms with Crippen LogP contribution in [0.1, 0.15) is 23.4 Å². The third-order valence-electron chi connectivity index (χ3n) is 1.74. The SMILES string of the molecule is N#Cc1nc(CC(=O)O)c(Cl)cc1C(F)F. The predicted molar refractivity (Wildman–Crippen MR) is 50.3 cm³/mol. The van der Waals surface area contributed by atoms with Gasteiger partial charge in [-0.05, 0) is 6.07 Å². The van der Waals surface area contributed by atoms with Gasteiger partial charge in [-0.1, -0.05) is 11.6 Å². The van der Waals surface area contributed by atoms with E-state index in [1.807, 2.05) is 0 Å². The van der Waals surface area contributed by atoms with Crippen LogP contribution in [-0.2, 0) is 11.2 Å². The molecule has 0 atom stereocenters. The fourth-order valence-corrected chi connectivity index (χ4v) is 1.29. The number of rotatable bonds is 3. The van der Waals surface area contributed by atoms with Crippen LogP contribution in [-0.4, -0.2) is 16.1 Å². The summed E-state index contributed by atoms with van der Waals surface area (Å²) in [6, 6.07) is 2.35. The number of pyridine rings is 1. The summed E-state index contributed by atoms with van der Waals surface area (Å²) >= 11 is 5.58. The number of nitriles is 1. The first-order valence-electron chi connectivity index (χ1n) is 4.05. The fraction of sp³-hybridized carbons (Fsp3) is 0.222. The van der Waals surface area contributed by atoms with Crippen LogP contribution >= 0.6 is 11.6 Å². The Balaban J connectivity index is 3.27. The Hall–Kier alpha value is -1.74. The molecule has 0 bridgehead atoms. The van der Waals surface area contributed by atoms with Crippen molar-refractivity contribution in [2.75, 3.05) is 0 Å². The maximum absolute atomic E-state index is 12.4. The Morgan fingerprint density at radius 1 is 1.69 bits per heavy atom. The highest BCUT2D eigenvalue weighted by molar-refractivity contribution is 6.31. The van der Waals surface area contributed by atoms with E-state index < -0.39 is 30.1 Å². The standard InChI is InChI=1S/C9H5ClF2N2O2/c10-5-1-4(9(11)12)7(3-13)14-6(5)2-8(15)16/h1,9H,2H2,(H,15,16). The van der Waals surface area contributed by atoms with Crippen molar-refractivity contribution in [2.24, 2.45) is 0 Å². The minimum Gasteiger partial charge on any atom is -0.481 e. The zero-order valence-electron chi connectivity index (χ0n) is 7.75. The normalized spacial score (nSPS) is 10.2. The van der Waals surface area contributed by atoms with Crippen molar-refractivity contribution in [3.05, 3.63) is 28.0 Å². The number of halogens is 3. The largest absolute Gasteiger partial charge is 0.481 e. The summed E-state index contributed by atoms with van der Waals surface area (Å²) in [5.74, 6) is -1.21. The lowest BCUT2D eigenvalue weighted by Crippen LogP contribution is -2.06. The van der Waals surface area contributed by atoms with Gasteiger partial charge in [0.05, 0.1) is 22.7 Å². The van der Waals surface area contributed by atoms with E-state index >= 15 is 0 Å². The molecule has 1 heterocycles. The van der Waals surface area contributed by atoms with Gasteiger partial charge >= 0.3 is 5.97 Å². The van der Waals surface area contributed by atoms with Crippen molar-refractivity contribution in [1.82, 2.24) is 4.98 Å². The first-order chi connectivity index (χ1) is 7.45. The van der Waals surface area contributed by atoms with E-state index in [1.54, 1.807) is 0 Å². The number of hydrogen-bond donors (Lipinski definition) is 1. The highest BCUT2D eigenvalue weighted by atomic mass is 35.5. The lowest BCUT2D eigenvalue weighted by molar-refractivity contribution is -0.136. The molecule has 0 aromatic carbocycles. The Labute approximate surface area is 94.1 Å². The van der Waals surface area contributed by atoms with Gasteiger partial charge in [-0.15, -0.1) is 0 Å². The van der Waals surface area contributed by atoms with Crippen molar-refractivity contribution in [3.8, 4) is 6.07 Å². The van der Waals surface area contributed by atoms with E-state index in [0.717, 1.165) is 6.07 Å². The van der Waals surface area contributed by atoms with Crippen LogP contribution in [0.5, 0.6) is 0 Å². The molecule has 4 nitrogen and oxygen atoms in total. The zero-order chi connectivity index (χ0) is 12.3. The number of aliphatic carboxylic acids is 1. The van der Waals surface area contributed by atoms with E-state index in [0.29, 0.717) is 0 Å². The molecule has 1 N–H and O–H groups in total. The van der Waals surface area contributed by atoms with Crippen molar-refractivity contribution < 1.29 is 18.7 Å². The third kappa shape index (κ3) is 2.64. The Morgan fingerprint density at radius 2 is 2.31 bits per heavy atom. The number of carboxylic acids is 1. The molecule has 1 aromatic rings. The minimum atomic E-state index is -2.88.